The van der Waals surface area contributed by atoms with Crippen LogP contribution in [0.15, 0.2) is 22.7 Å². The van der Waals surface area contributed by atoms with Crippen LogP contribution in [0.5, 0.6) is 0 Å². The summed E-state index contributed by atoms with van der Waals surface area (Å²) in [5.74, 6) is 0.0470. The van der Waals surface area contributed by atoms with E-state index in [9.17, 15) is 18.0 Å². The van der Waals surface area contributed by atoms with Gasteiger partial charge in [-0.05, 0) is 24.5 Å². The Labute approximate surface area is 110 Å². The molecule has 0 amide bonds. The van der Waals surface area contributed by atoms with Crippen molar-refractivity contribution < 1.29 is 18.0 Å². The molecule has 0 aliphatic rings. The van der Waals surface area contributed by atoms with Crippen LogP contribution in [-0.4, -0.2) is 17.8 Å². The summed E-state index contributed by atoms with van der Waals surface area (Å²) in [6.45, 7) is 0. The van der Waals surface area contributed by atoms with Gasteiger partial charge in [0.25, 0.3) is 0 Å². The fourth-order valence-electron chi connectivity index (χ4n) is 1.32. The summed E-state index contributed by atoms with van der Waals surface area (Å²) in [5, 5.41) is 0. The summed E-state index contributed by atoms with van der Waals surface area (Å²) in [6.07, 6.45) is -2.58. The Kier molecular flexibility index (Phi) is 5.06. The van der Waals surface area contributed by atoms with Crippen LogP contribution in [0.2, 0.25) is 0 Å². The topological polar surface area (TPSA) is 17.1 Å². The van der Waals surface area contributed by atoms with Crippen molar-refractivity contribution in [2.24, 2.45) is 0 Å². The molecule has 0 saturated heterocycles. The van der Waals surface area contributed by atoms with E-state index in [4.69, 9.17) is 0 Å². The van der Waals surface area contributed by atoms with Gasteiger partial charge in [0.2, 0.25) is 0 Å². The highest BCUT2D eigenvalue weighted by atomic mass is 79.9. The largest absolute Gasteiger partial charge is 0.417 e. The van der Waals surface area contributed by atoms with Gasteiger partial charge in [-0.25, -0.2) is 0 Å². The van der Waals surface area contributed by atoms with Crippen LogP contribution in [-0.2, 0) is 6.18 Å². The molecule has 1 nitrogen and oxygen atoms in total. The van der Waals surface area contributed by atoms with E-state index >= 15 is 0 Å². The SMILES string of the molecule is CSCCC(=O)c1ccc(Br)cc1C(F)(F)F. The number of carbonyl (C=O) groups excluding carboxylic acids is 1. The molecule has 0 aliphatic heterocycles. The maximum absolute atomic E-state index is 12.7. The van der Waals surface area contributed by atoms with E-state index in [0.717, 1.165) is 6.07 Å². The second kappa shape index (κ2) is 5.91. The van der Waals surface area contributed by atoms with E-state index in [1.807, 2.05) is 0 Å². The van der Waals surface area contributed by atoms with Crippen LogP contribution in [0.1, 0.15) is 22.3 Å². The predicted molar refractivity (Wildman–Crippen MR) is 66.5 cm³/mol. The van der Waals surface area contributed by atoms with Crippen molar-refractivity contribution in [3.05, 3.63) is 33.8 Å². The summed E-state index contributed by atoms with van der Waals surface area (Å²) in [4.78, 5) is 11.7. The number of Topliss-reactive ketones (excluding diaryl/α,β-unsaturated/α-hetero) is 1. The standard InChI is InChI=1S/C11H10BrF3OS/c1-17-5-4-10(16)8-3-2-7(12)6-9(8)11(13,14)15/h2-3,6H,4-5H2,1H3. The highest BCUT2D eigenvalue weighted by Crippen LogP contribution is 2.34. The van der Waals surface area contributed by atoms with Gasteiger partial charge >= 0.3 is 6.18 Å². The van der Waals surface area contributed by atoms with Crippen LogP contribution in [0, 0.1) is 0 Å². The van der Waals surface area contributed by atoms with Crippen LogP contribution >= 0.6 is 27.7 Å². The molecule has 0 fully saturated rings. The van der Waals surface area contributed by atoms with Gasteiger partial charge in [-0.1, -0.05) is 15.9 Å². The van der Waals surface area contributed by atoms with Crippen LogP contribution < -0.4 is 0 Å². The van der Waals surface area contributed by atoms with E-state index in [-0.39, 0.29) is 12.0 Å². The minimum Gasteiger partial charge on any atom is -0.294 e. The zero-order valence-corrected chi connectivity index (χ0v) is 11.4. The highest BCUT2D eigenvalue weighted by Gasteiger charge is 2.35. The van der Waals surface area contributed by atoms with Crippen LogP contribution in [0.3, 0.4) is 0 Å². The number of rotatable bonds is 4. The number of benzene rings is 1. The Morgan fingerprint density at radius 2 is 2.06 bits per heavy atom. The molecule has 0 saturated carbocycles. The maximum Gasteiger partial charge on any atom is 0.417 e. The third-order valence-corrected chi connectivity index (χ3v) is 3.23. The molecule has 0 aromatic heterocycles. The first kappa shape index (κ1) is 14.6. The fraction of sp³-hybridized carbons (Fsp3) is 0.364. The predicted octanol–water partition coefficient (Wildman–Crippen LogP) is 4.40. The Balaban J connectivity index is 3.11. The second-order valence-electron chi connectivity index (χ2n) is 3.35. The van der Waals surface area contributed by atoms with E-state index in [2.05, 4.69) is 15.9 Å². The molecule has 0 bridgehead atoms. The maximum atomic E-state index is 12.7. The van der Waals surface area contributed by atoms with Crippen molar-refractivity contribution in [3.8, 4) is 0 Å². The lowest BCUT2D eigenvalue weighted by Gasteiger charge is -2.12. The highest BCUT2D eigenvalue weighted by molar-refractivity contribution is 9.10. The molecule has 0 spiro atoms. The zero-order valence-electron chi connectivity index (χ0n) is 8.97. The van der Waals surface area contributed by atoms with Crippen molar-refractivity contribution >= 4 is 33.5 Å². The molecule has 17 heavy (non-hydrogen) atoms. The summed E-state index contributed by atoms with van der Waals surface area (Å²) in [6, 6.07) is 3.60. The lowest BCUT2D eigenvalue weighted by atomic mass is 10.0. The van der Waals surface area contributed by atoms with Gasteiger partial charge in [-0.3, -0.25) is 4.79 Å². The first-order valence-corrected chi connectivity index (χ1v) is 6.94. The smallest absolute Gasteiger partial charge is 0.294 e. The van der Waals surface area contributed by atoms with Gasteiger partial charge in [0.15, 0.2) is 5.78 Å². The molecular formula is C11H10BrF3OS. The van der Waals surface area contributed by atoms with Gasteiger partial charge in [-0.15, -0.1) is 0 Å². The Hall–Kier alpha value is -0.490. The number of halogens is 4. The monoisotopic (exact) mass is 326 g/mol. The molecule has 94 valence electrons. The Morgan fingerprint density at radius 3 is 2.59 bits per heavy atom. The summed E-state index contributed by atoms with van der Waals surface area (Å²) in [5.41, 5.74) is -1.13. The molecule has 1 aromatic rings. The third kappa shape index (κ3) is 4.03. The second-order valence-corrected chi connectivity index (χ2v) is 5.25. The minimum atomic E-state index is -4.51. The van der Waals surface area contributed by atoms with Gasteiger partial charge in [0.1, 0.15) is 0 Å². The summed E-state index contributed by atoms with van der Waals surface area (Å²) < 4.78 is 38.5. The van der Waals surface area contributed by atoms with E-state index in [0.29, 0.717) is 10.2 Å². The van der Waals surface area contributed by atoms with Crippen molar-refractivity contribution in [3.63, 3.8) is 0 Å². The Morgan fingerprint density at radius 1 is 1.41 bits per heavy atom. The van der Waals surface area contributed by atoms with Crippen molar-refractivity contribution in [2.45, 2.75) is 12.6 Å². The quantitative estimate of drug-likeness (QED) is 0.762. The van der Waals surface area contributed by atoms with E-state index in [1.165, 1.54) is 23.9 Å². The van der Waals surface area contributed by atoms with Crippen molar-refractivity contribution in [2.75, 3.05) is 12.0 Å². The minimum absolute atomic E-state index is 0.117. The molecule has 1 rings (SSSR count). The summed E-state index contributed by atoms with van der Waals surface area (Å²) in [7, 11) is 0. The molecule has 0 heterocycles. The molecule has 0 aliphatic carbocycles. The number of thioether (sulfide) groups is 1. The number of carbonyl (C=O) groups is 1. The molecular weight excluding hydrogens is 317 g/mol. The number of alkyl halides is 3. The number of hydrogen-bond acceptors (Lipinski definition) is 2. The van der Waals surface area contributed by atoms with Crippen molar-refractivity contribution in [1.82, 2.24) is 0 Å². The first-order valence-electron chi connectivity index (χ1n) is 4.75. The molecule has 0 atom stereocenters. The molecule has 6 heteroatoms. The molecule has 0 radical (unpaired) electrons. The average Bonchev–Trinajstić information content (AvgIpc) is 2.24. The van der Waals surface area contributed by atoms with Gasteiger partial charge in [0, 0.05) is 22.2 Å². The van der Waals surface area contributed by atoms with E-state index < -0.39 is 17.5 Å². The van der Waals surface area contributed by atoms with Crippen LogP contribution in [0.4, 0.5) is 13.2 Å². The lowest BCUT2D eigenvalue weighted by Crippen LogP contribution is -2.13. The molecule has 1 aromatic carbocycles. The zero-order chi connectivity index (χ0) is 13.1. The number of ketones is 1. The normalized spacial score (nSPS) is 11.6. The Bertz CT molecular complexity index is 418. The molecule has 0 unspecified atom stereocenters. The lowest BCUT2D eigenvalue weighted by molar-refractivity contribution is -0.137. The van der Waals surface area contributed by atoms with Gasteiger partial charge in [-0.2, -0.15) is 24.9 Å². The van der Waals surface area contributed by atoms with E-state index in [1.54, 1.807) is 6.26 Å². The third-order valence-electron chi connectivity index (χ3n) is 2.12. The van der Waals surface area contributed by atoms with Crippen molar-refractivity contribution in [1.29, 1.82) is 0 Å². The van der Waals surface area contributed by atoms with Crippen LogP contribution in [0.25, 0.3) is 0 Å². The van der Waals surface area contributed by atoms with Gasteiger partial charge < -0.3 is 0 Å². The molecule has 0 N–H and O–H groups in total. The summed E-state index contributed by atoms with van der Waals surface area (Å²) >= 11 is 4.40. The fourth-order valence-corrected chi connectivity index (χ4v) is 2.07. The average molecular weight is 327 g/mol. The van der Waals surface area contributed by atoms with Gasteiger partial charge in [0.05, 0.1) is 5.56 Å². The number of hydrogen-bond donors (Lipinski definition) is 0. The first-order chi connectivity index (χ1) is 7.86.